The van der Waals surface area contributed by atoms with Crippen LogP contribution >= 0.6 is 11.6 Å². The van der Waals surface area contributed by atoms with Crippen LogP contribution in [0, 0.1) is 10.8 Å². The molecule has 0 radical (unpaired) electrons. The molecule has 3 aromatic rings. The molecule has 2 aliphatic rings. The van der Waals surface area contributed by atoms with Gasteiger partial charge in [0.05, 0.1) is 11.2 Å². The summed E-state index contributed by atoms with van der Waals surface area (Å²) in [5.41, 5.74) is 1.87. The Hall–Kier alpha value is -3.13. The topological polar surface area (TPSA) is 91.0 Å². The third kappa shape index (κ3) is 4.04. The van der Waals surface area contributed by atoms with Gasteiger partial charge in [-0.25, -0.2) is 4.98 Å². The van der Waals surface area contributed by atoms with Gasteiger partial charge in [0, 0.05) is 32.7 Å². The Kier molecular flexibility index (Phi) is 5.70. The van der Waals surface area contributed by atoms with Gasteiger partial charge in [0.1, 0.15) is 22.1 Å². The fraction of sp³-hybridized carbons (Fsp3) is 0.417. The zero-order valence-electron chi connectivity index (χ0n) is 18.4. The zero-order chi connectivity index (χ0) is 23.1. The van der Waals surface area contributed by atoms with Gasteiger partial charge in [-0.3, -0.25) is 4.79 Å². The minimum Gasteiger partial charge on any atom is -0.506 e. The lowest BCUT2D eigenvalue weighted by Crippen LogP contribution is -2.46. The van der Waals surface area contributed by atoms with Crippen LogP contribution in [0.5, 0.6) is 5.75 Å². The molecule has 8 nitrogen and oxygen atoms in total. The summed E-state index contributed by atoms with van der Waals surface area (Å²) < 4.78 is 1.39. The van der Waals surface area contributed by atoms with Crippen LogP contribution in [0.15, 0.2) is 46.4 Å². The summed E-state index contributed by atoms with van der Waals surface area (Å²) in [5.74, 6) is 0.963. The molecular weight excluding hydrogens is 442 g/mol. The van der Waals surface area contributed by atoms with Crippen molar-refractivity contribution in [1.82, 2.24) is 9.55 Å². The third-order valence-electron chi connectivity index (χ3n) is 6.81. The number of hydrogen-bond acceptors (Lipinski definition) is 7. The van der Waals surface area contributed by atoms with Crippen molar-refractivity contribution >= 4 is 39.7 Å². The highest BCUT2D eigenvalue weighted by Gasteiger charge is 2.33. The molecule has 1 N–H and O–H groups in total. The number of piperidine rings is 1. The maximum atomic E-state index is 12.8. The van der Waals surface area contributed by atoms with Crippen molar-refractivity contribution in [3.8, 4) is 5.75 Å². The van der Waals surface area contributed by atoms with Crippen LogP contribution in [-0.4, -0.2) is 40.3 Å². The van der Waals surface area contributed by atoms with Crippen LogP contribution in [-0.2, 0) is 7.05 Å². The Balaban J connectivity index is 1.47. The van der Waals surface area contributed by atoms with Crippen molar-refractivity contribution in [1.29, 1.82) is 0 Å². The summed E-state index contributed by atoms with van der Waals surface area (Å²) in [6.45, 7) is 2.20. The van der Waals surface area contributed by atoms with E-state index >= 15 is 0 Å². The van der Waals surface area contributed by atoms with Crippen molar-refractivity contribution in [3.05, 3.63) is 56.8 Å². The number of pyridine rings is 2. The second-order valence-electron chi connectivity index (χ2n) is 8.96. The Morgan fingerprint density at radius 3 is 2.55 bits per heavy atom. The molecule has 1 aliphatic heterocycles. The molecule has 33 heavy (non-hydrogen) atoms. The minimum absolute atomic E-state index is 0.131. The number of aromatic nitrogens is 2. The number of phenols is 1. The van der Waals surface area contributed by atoms with E-state index < -0.39 is 5.56 Å². The predicted octanol–water partition coefficient (Wildman–Crippen LogP) is 4.58. The SMILES string of the molecule is Cn1c(=O)c(N=O)c(N2CCC(N(CC3CC3)c3ccccc3O)CC2)c2nc(Cl)ccc21. The number of nitroso groups, excluding NO2 is 1. The summed E-state index contributed by atoms with van der Waals surface area (Å²) in [7, 11) is 1.60. The van der Waals surface area contributed by atoms with E-state index in [0.717, 1.165) is 25.1 Å². The molecule has 0 unspecified atom stereocenters. The number of hydrogen-bond donors (Lipinski definition) is 1. The molecule has 5 rings (SSSR count). The first-order valence-electron chi connectivity index (χ1n) is 11.3. The van der Waals surface area contributed by atoms with Gasteiger partial charge in [-0.2, -0.15) is 0 Å². The summed E-state index contributed by atoms with van der Waals surface area (Å²) >= 11 is 6.16. The number of aryl methyl sites for hydroxylation is 1. The van der Waals surface area contributed by atoms with E-state index in [1.165, 1.54) is 17.4 Å². The molecule has 172 valence electrons. The molecule has 0 atom stereocenters. The van der Waals surface area contributed by atoms with Crippen LogP contribution in [0.1, 0.15) is 25.7 Å². The molecule has 1 aliphatic carbocycles. The summed E-state index contributed by atoms with van der Waals surface area (Å²) in [6, 6.07) is 11.1. The molecule has 1 aromatic carbocycles. The lowest BCUT2D eigenvalue weighted by atomic mass is 10.00. The number of aromatic hydroxyl groups is 1. The van der Waals surface area contributed by atoms with Gasteiger partial charge < -0.3 is 19.5 Å². The zero-order valence-corrected chi connectivity index (χ0v) is 19.2. The second-order valence-corrected chi connectivity index (χ2v) is 9.34. The standard InChI is InChI=1S/C24H26ClN5O3/c1-28-18-8-9-20(25)26-21(18)23(22(27-33)24(28)32)29-12-10-16(11-13-29)30(14-15-6-7-15)17-4-2-3-5-19(17)31/h2-5,8-9,15-16,31H,6-7,10-14H2,1H3. The van der Waals surface area contributed by atoms with Gasteiger partial charge in [0.15, 0.2) is 5.69 Å². The molecule has 0 amide bonds. The molecule has 9 heteroatoms. The second kappa shape index (κ2) is 8.67. The number of fused-ring (bicyclic) bond motifs is 1. The van der Waals surface area contributed by atoms with Crippen molar-refractivity contribution in [3.63, 3.8) is 0 Å². The number of halogens is 1. The quantitative estimate of drug-likeness (QED) is 0.421. The van der Waals surface area contributed by atoms with E-state index in [4.69, 9.17) is 11.6 Å². The van der Waals surface area contributed by atoms with E-state index in [-0.39, 0.29) is 11.7 Å². The number of benzene rings is 1. The number of anilines is 2. The van der Waals surface area contributed by atoms with Gasteiger partial charge in [0.25, 0.3) is 5.56 Å². The van der Waals surface area contributed by atoms with Crippen molar-refractivity contribution in [2.75, 3.05) is 29.4 Å². The van der Waals surface area contributed by atoms with E-state index in [2.05, 4.69) is 15.1 Å². The fourth-order valence-corrected chi connectivity index (χ4v) is 5.01. The van der Waals surface area contributed by atoms with E-state index in [9.17, 15) is 14.8 Å². The predicted molar refractivity (Wildman–Crippen MR) is 131 cm³/mol. The highest BCUT2D eigenvalue weighted by atomic mass is 35.5. The number of phenolic OH excluding ortho intramolecular Hbond substituents is 1. The monoisotopic (exact) mass is 467 g/mol. The van der Waals surface area contributed by atoms with Gasteiger partial charge in [-0.05, 0) is 61.0 Å². The molecular formula is C24H26ClN5O3. The van der Waals surface area contributed by atoms with Crippen LogP contribution in [0.2, 0.25) is 5.15 Å². The lowest BCUT2D eigenvalue weighted by Gasteiger charge is -2.41. The van der Waals surface area contributed by atoms with Gasteiger partial charge >= 0.3 is 0 Å². The highest BCUT2D eigenvalue weighted by Crippen LogP contribution is 2.39. The third-order valence-corrected chi connectivity index (χ3v) is 7.02. The van der Waals surface area contributed by atoms with E-state index in [0.29, 0.717) is 46.6 Å². The van der Waals surface area contributed by atoms with Crippen LogP contribution in [0.25, 0.3) is 11.0 Å². The Bertz CT molecular complexity index is 1260. The lowest BCUT2D eigenvalue weighted by molar-refractivity contribution is 0.440. The first kappa shape index (κ1) is 21.7. The highest BCUT2D eigenvalue weighted by molar-refractivity contribution is 6.29. The molecule has 2 aromatic heterocycles. The van der Waals surface area contributed by atoms with Crippen molar-refractivity contribution in [2.45, 2.75) is 31.7 Å². The Morgan fingerprint density at radius 2 is 1.88 bits per heavy atom. The Labute approximate surface area is 196 Å². The van der Waals surface area contributed by atoms with Gasteiger partial charge in [-0.1, -0.05) is 23.7 Å². The van der Waals surface area contributed by atoms with Crippen molar-refractivity contribution < 1.29 is 5.11 Å². The average molecular weight is 468 g/mol. The number of nitrogens with zero attached hydrogens (tertiary/aromatic N) is 5. The van der Waals surface area contributed by atoms with Gasteiger partial charge in [0.2, 0.25) is 0 Å². The molecule has 1 saturated carbocycles. The largest absolute Gasteiger partial charge is 0.506 e. The number of rotatable bonds is 6. The summed E-state index contributed by atoms with van der Waals surface area (Å²) in [5, 5.41) is 13.9. The normalized spacial score (nSPS) is 16.8. The average Bonchev–Trinajstić information content (AvgIpc) is 3.65. The Morgan fingerprint density at radius 1 is 1.15 bits per heavy atom. The van der Waals surface area contributed by atoms with E-state index in [1.807, 2.05) is 23.1 Å². The summed E-state index contributed by atoms with van der Waals surface area (Å²) in [6.07, 6.45) is 4.08. The number of para-hydroxylation sites is 2. The maximum Gasteiger partial charge on any atom is 0.282 e. The molecule has 0 bridgehead atoms. The smallest absolute Gasteiger partial charge is 0.282 e. The molecule has 1 saturated heterocycles. The van der Waals surface area contributed by atoms with Crippen LogP contribution in [0.4, 0.5) is 17.1 Å². The van der Waals surface area contributed by atoms with E-state index in [1.54, 1.807) is 25.2 Å². The maximum absolute atomic E-state index is 12.8. The van der Waals surface area contributed by atoms with Crippen LogP contribution < -0.4 is 15.4 Å². The van der Waals surface area contributed by atoms with Crippen molar-refractivity contribution in [2.24, 2.45) is 18.1 Å². The molecule has 0 spiro atoms. The molecule has 2 fully saturated rings. The minimum atomic E-state index is -0.441. The van der Waals surface area contributed by atoms with Gasteiger partial charge in [-0.15, -0.1) is 4.91 Å². The van der Waals surface area contributed by atoms with Crippen LogP contribution in [0.3, 0.4) is 0 Å². The summed E-state index contributed by atoms with van der Waals surface area (Å²) in [4.78, 5) is 33.3. The first-order chi connectivity index (χ1) is 16.0. The fourth-order valence-electron chi connectivity index (χ4n) is 4.87. The first-order valence-corrected chi connectivity index (χ1v) is 11.7. The molecule has 3 heterocycles.